The fourth-order valence-electron chi connectivity index (χ4n) is 3.50. The predicted octanol–water partition coefficient (Wildman–Crippen LogP) is 6.24. The van der Waals surface area contributed by atoms with Crippen LogP contribution < -0.4 is 5.32 Å². The van der Waals surface area contributed by atoms with E-state index in [-0.39, 0.29) is 29.4 Å². The van der Waals surface area contributed by atoms with E-state index in [0.717, 1.165) is 17.7 Å². The molecule has 1 aromatic carbocycles. The highest BCUT2D eigenvalue weighted by Crippen LogP contribution is 2.40. The van der Waals surface area contributed by atoms with E-state index in [4.69, 9.17) is 19.0 Å². The molecule has 0 spiro atoms. The van der Waals surface area contributed by atoms with Crippen molar-refractivity contribution in [1.82, 2.24) is 9.78 Å². The Morgan fingerprint density at radius 2 is 1.85 bits per heavy atom. The van der Waals surface area contributed by atoms with E-state index in [1.54, 1.807) is 0 Å². The molecule has 0 radical (unpaired) electrons. The van der Waals surface area contributed by atoms with Gasteiger partial charge in [0.1, 0.15) is 18.5 Å². The minimum absolute atomic E-state index is 0.0583. The van der Waals surface area contributed by atoms with Crippen LogP contribution in [0.2, 0.25) is 18.1 Å². The number of benzene rings is 1. The summed E-state index contributed by atoms with van der Waals surface area (Å²) >= 11 is 0. The number of nitrogens with zero attached hydrogens (tertiary/aromatic N) is 2. The maximum atomic E-state index is 12.5. The Bertz CT molecular complexity index is 945. The molecule has 33 heavy (non-hydrogen) atoms. The molecule has 0 saturated carbocycles. The molecule has 7 nitrogen and oxygen atoms in total. The second-order valence-electron chi connectivity index (χ2n) is 11.3. The first kappa shape index (κ1) is 25.5. The molecular weight excluding hydrogens is 434 g/mol. The Hall–Kier alpha value is -2.16. The number of carbonyl (C=O) groups excluding carboxylic acids is 1. The SMILES string of the molecule is CC(C)(C)n1nc([C@@H]2C[C@H](O[Si](C)(C)C(C)(C)C)CO2)cc1NC(=O)OCc1ccccc1. The summed E-state index contributed by atoms with van der Waals surface area (Å²) < 4.78 is 19.8. The number of ether oxygens (including phenoxy) is 2. The van der Waals surface area contributed by atoms with Crippen molar-refractivity contribution in [3.05, 3.63) is 47.7 Å². The van der Waals surface area contributed by atoms with Gasteiger partial charge in [0.25, 0.3) is 0 Å². The second-order valence-corrected chi connectivity index (χ2v) is 16.0. The normalized spacial score (nSPS) is 19.5. The fourth-order valence-corrected chi connectivity index (χ4v) is 4.85. The smallest absolute Gasteiger partial charge is 0.413 e. The Morgan fingerprint density at radius 3 is 2.45 bits per heavy atom. The zero-order valence-corrected chi connectivity index (χ0v) is 22.3. The average Bonchev–Trinajstić information content (AvgIpc) is 3.33. The number of amides is 1. The highest BCUT2D eigenvalue weighted by atomic mass is 28.4. The quantitative estimate of drug-likeness (QED) is 0.503. The van der Waals surface area contributed by atoms with Gasteiger partial charge in [-0.2, -0.15) is 5.10 Å². The van der Waals surface area contributed by atoms with Gasteiger partial charge in [-0.05, 0) is 44.5 Å². The highest BCUT2D eigenvalue weighted by Gasteiger charge is 2.42. The van der Waals surface area contributed by atoms with Crippen molar-refractivity contribution >= 4 is 20.2 Å². The lowest BCUT2D eigenvalue weighted by molar-refractivity contribution is 0.0882. The molecule has 2 heterocycles. The van der Waals surface area contributed by atoms with Crippen LogP contribution in [0, 0.1) is 0 Å². The molecule has 0 bridgehead atoms. The van der Waals surface area contributed by atoms with Gasteiger partial charge in [0, 0.05) is 12.5 Å². The molecule has 0 unspecified atom stereocenters. The van der Waals surface area contributed by atoms with Gasteiger partial charge in [-0.3, -0.25) is 5.32 Å². The van der Waals surface area contributed by atoms with E-state index in [0.29, 0.717) is 12.4 Å². The Kier molecular flexibility index (Phi) is 7.41. The molecule has 0 aliphatic carbocycles. The van der Waals surface area contributed by atoms with Gasteiger partial charge in [-0.25, -0.2) is 9.48 Å². The molecule has 1 aliphatic heterocycles. The van der Waals surface area contributed by atoms with Crippen LogP contribution in [0.3, 0.4) is 0 Å². The van der Waals surface area contributed by atoms with Crippen molar-refractivity contribution in [2.45, 2.75) is 90.4 Å². The van der Waals surface area contributed by atoms with Crippen LogP contribution >= 0.6 is 0 Å². The van der Waals surface area contributed by atoms with Gasteiger partial charge in [0.15, 0.2) is 8.32 Å². The molecule has 8 heteroatoms. The van der Waals surface area contributed by atoms with Gasteiger partial charge in [0.05, 0.1) is 23.9 Å². The first-order chi connectivity index (χ1) is 15.3. The van der Waals surface area contributed by atoms with Crippen LogP contribution in [-0.2, 0) is 26.0 Å². The minimum atomic E-state index is -1.87. The maximum Gasteiger partial charge on any atom is 0.413 e. The molecule has 2 aromatic rings. The summed E-state index contributed by atoms with van der Waals surface area (Å²) in [6, 6.07) is 11.5. The fraction of sp³-hybridized carbons (Fsp3) is 0.600. The lowest BCUT2D eigenvalue weighted by atomic mass is 10.1. The first-order valence-electron chi connectivity index (χ1n) is 11.6. The zero-order chi connectivity index (χ0) is 24.4. The summed E-state index contributed by atoms with van der Waals surface area (Å²) in [7, 11) is -1.87. The Balaban J connectivity index is 1.68. The number of anilines is 1. The third-order valence-electron chi connectivity index (χ3n) is 6.36. The molecule has 3 rings (SSSR count). The Labute approximate surface area is 198 Å². The van der Waals surface area contributed by atoms with Crippen LogP contribution in [0.5, 0.6) is 0 Å². The molecule has 1 saturated heterocycles. The summed E-state index contributed by atoms with van der Waals surface area (Å²) in [5.74, 6) is 0.591. The second kappa shape index (κ2) is 9.60. The maximum absolute atomic E-state index is 12.5. The summed E-state index contributed by atoms with van der Waals surface area (Å²) in [6.45, 7) is 18.2. The van der Waals surface area contributed by atoms with Gasteiger partial charge in [-0.15, -0.1) is 0 Å². The monoisotopic (exact) mass is 473 g/mol. The molecule has 1 fully saturated rings. The summed E-state index contributed by atoms with van der Waals surface area (Å²) in [5, 5.41) is 7.80. The number of aromatic nitrogens is 2. The average molecular weight is 474 g/mol. The Morgan fingerprint density at radius 1 is 1.18 bits per heavy atom. The largest absolute Gasteiger partial charge is 0.444 e. The van der Waals surface area contributed by atoms with Crippen LogP contribution in [0.25, 0.3) is 0 Å². The topological polar surface area (TPSA) is 74.6 Å². The van der Waals surface area contributed by atoms with E-state index >= 15 is 0 Å². The van der Waals surface area contributed by atoms with Crippen LogP contribution in [0.1, 0.15) is 65.3 Å². The number of hydrogen-bond donors (Lipinski definition) is 1. The molecule has 2 atom stereocenters. The molecule has 1 aliphatic rings. The van der Waals surface area contributed by atoms with Gasteiger partial charge in [-0.1, -0.05) is 51.1 Å². The van der Waals surface area contributed by atoms with Gasteiger partial charge >= 0.3 is 6.09 Å². The van der Waals surface area contributed by atoms with E-state index in [1.807, 2.05) is 61.9 Å². The van der Waals surface area contributed by atoms with E-state index in [1.165, 1.54) is 0 Å². The summed E-state index contributed by atoms with van der Waals surface area (Å²) in [5.41, 5.74) is 1.41. The summed E-state index contributed by atoms with van der Waals surface area (Å²) in [4.78, 5) is 12.5. The standard InChI is InChI=1S/C25H39N3O4Si/c1-24(2,3)28-22(26-23(29)31-16-18-12-10-9-11-13-18)15-20(27-28)21-14-19(17-30-21)32-33(7,8)25(4,5)6/h9-13,15,19,21H,14,16-17H2,1-8H3,(H,26,29)/t19-,21-/m0/s1. The highest BCUT2D eigenvalue weighted by molar-refractivity contribution is 6.74. The van der Waals surface area contributed by atoms with Gasteiger partial charge in [0.2, 0.25) is 0 Å². The van der Waals surface area contributed by atoms with E-state index < -0.39 is 14.4 Å². The molecule has 1 N–H and O–H groups in total. The summed E-state index contributed by atoms with van der Waals surface area (Å²) in [6.07, 6.45) is 0.139. The number of hydrogen-bond acceptors (Lipinski definition) is 5. The third kappa shape index (κ3) is 6.46. The molecule has 182 valence electrons. The molecule has 1 amide bonds. The van der Waals surface area contributed by atoms with Crippen molar-refractivity contribution in [2.75, 3.05) is 11.9 Å². The lowest BCUT2D eigenvalue weighted by Gasteiger charge is -2.38. The zero-order valence-electron chi connectivity index (χ0n) is 21.3. The number of nitrogens with one attached hydrogen (secondary N) is 1. The van der Waals surface area contributed by atoms with Crippen molar-refractivity contribution < 1.29 is 18.7 Å². The molecular formula is C25H39N3O4Si. The van der Waals surface area contributed by atoms with Crippen molar-refractivity contribution in [1.29, 1.82) is 0 Å². The minimum Gasteiger partial charge on any atom is -0.444 e. The van der Waals surface area contributed by atoms with Gasteiger partial charge < -0.3 is 13.9 Å². The first-order valence-corrected chi connectivity index (χ1v) is 14.5. The predicted molar refractivity (Wildman–Crippen MR) is 133 cm³/mol. The third-order valence-corrected chi connectivity index (χ3v) is 10.9. The number of carbonyl (C=O) groups is 1. The van der Waals surface area contributed by atoms with Crippen LogP contribution in [0.15, 0.2) is 36.4 Å². The van der Waals surface area contributed by atoms with E-state index in [2.05, 4.69) is 39.2 Å². The lowest BCUT2D eigenvalue weighted by Crippen LogP contribution is -2.44. The van der Waals surface area contributed by atoms with E-state index in [9.17, 15) is 4.79 Å². The van der Waals surface area contributed by atoms with Crippen LogP contribution in [0.4, 0.5) is 10.6 Å². The van der Waals surface area contributed by atoms with Crippen molar-refractivity contribution in [3.63, 3.8) is 0 Å². The van der Waals surface area contributed by atoms with Crippen molar-refractivity contribution in [2.24, 2.45) is 0 Å². The van der Waals surface area contributed by atoms with Crippen molar-refractivity contribution in [3.8, 4) is 0 Å². The number of rotatable bonds is 6. The molecule has 1 aromatic heterocycles. The van der Waals surface area contributed by atoms with Crippen LogP contribution in [-0.4, -0.2) is 36.9 Å².